The number of hydrazine groups is 1. The summed E-state index contributed by atoms with van der Waals surface area (Å²) in [6.07, 6.45) is -0.107. The van der Waals surface area contributed by atoms with Crippen LogP contribution < -0.4 is 20.9 Å². The Morgan fingerprint density at radius 1 is 0.963 bits per heavy atom. The number of carbonyl (C=O) groups is 3. The maximum Gasteiger partial charge on any atom is 0.269 e. The second-order valence-electron chi connectivity index (χ2n) is 5.69. The van der Waals surface area contributed by atoms with Gasteiger partial charge in [-0.25, -0.2) is 0 Å². The standard InChI is InChI=1S/C19H20ClN3O4/c1-12-15(20)4-3-5-16(12)21-17(24)10-11-18(25)22-23-19(26)13-6-8-14(27-2)9-7-13/h3-9H,10-11H2,1-2H3,(H,21,24)(H,22,25)(H,23,26). The number of ether oxygens (including phenoxy) is 1. The van der Waals surface area contributed by atoms with Gasteiger partial charge >= 0.3 is 0 Å². The van der Waals surface area contributed by atoms with Crippen LogP contribution in [0.3, 0.4) is 0 Å². The maximum atomic E-state index is 12.0. The van der Waals surface area contributed by atoms with Gasteiger partial charge in [0.1, 0.15) is 5.75 Å². The average molecular weight is 390 g/mol. The van der Waals surface area contributed by atoms with E-state index in [4.69, 9.17) is 16.3 Å². The van der Waals surface area contributed by atoms with Crippen molar-refractivity contribution in [1.82, 2.24) is 10.9 Å². The summed E-state index contributed by atoms with van der Waals surface area (Å²) in [6.45, 7) is 1.79. The van der Waals surface area contributed by atoms with Crippen molar-refractivity contribution in [2.24, 2.45) is 0 Å². The van der Waals surface area contributed by atoms with Crippen molar-refractivity contribution in [1.29, 1.82) is 0 Å². The number of carbonyl (C=O) groups excluding carboxylic acids is 3. The predicted octanol–water partition coefficient (Wildman–Crippen LogP) is 2.84. The summed E-state index contributed by atoms with van der Waals surface area (Å²) >= 11 is 6.00. The zero-order chi connectivity index (χ0) is 19.8. The van der Waals surface area contributed by atoms with Gasteiger partial charge in [0.05, 0.1) is 7.11 Å². The van der Waals surface area contributed by atoms with Gasteiger partial charge in [0.2, 0.25) is 11.8 Å². The van der Waals surface area contributed by atoms with E-state index in [9.17, 15) is 14.4 Å². The summed E-state index contributed by atoms with van der Waals surface area (Å²) < 4.78 is 5.01. The third-order valence-corrected chi connectivity index (χ3v) is 4.20. The third kappa shape index (κ3) is 6.00. The van der Waals surface area contributed by atoms with Crippen LogP contribution in [0.25, 0.3) is 0 Å². The van der Waals surface area contributed by atoms with Gasteiger partial charge in [-0.2, -0.15) is 0 Å². The molecule has 0 aliphatic rings. The first-order valence-corrected chi connectivity index (χ1v) is 8.56. The van der Waals surface area contributed by atoms with Gasteiger partial charge in [0, 0.05) is 29.1 Å². The highest BCUT2D eigenvalue weighted by Crippen LogP contribution is 2.23. The highest BCUT2D eigenvalue weighted by atomic mass is 35.5. The minimum Gasteiger partial charge on any atom is -0.497 e. The molecule has 0 aliphatic carbocycles. The molecule has 3 N–H and O–H groups in total. The molecule has 0 spiro atoms. The van der Waals surface area contributed by atoms with Gasteiger partial charge < -0.3 is 10.1 Å². The highest BCUT2D eigenvalue weighted by molar-refractivity contribution is 6.31. The van der Waals surface area contributed by atoms with Gasteiger partial charge in [0.25, 0.3) is 5.91 Å². The molecule has 0 fully saturated rings. The number of benzene rings is 2. The maximum absolute atomic E-state index is 12.0. The lowest BCUT2D eigenvalue weighted by molar-refractivity contribution is -0.124. The zero-order valence-corrected chi connectivity index (χ0v) is 15.7. The van der Waals surface area contributed by atoms with Crippen molar-refractivity contribution in [2.45, 2.75) is 19.8 Å². The highest BCUT2D eigenvalue weighted by Gasteiger charge is 2.11. The Balaban J connectivity index is 1.75. The second-order valence-corrected chi connectivity index (χ2v) is 6.10. The quantitative estimate of drug-likeness (QED) is 0.662. The molecule has 27 heavy (non-hydrogen) atoms. The van der Waals surface area contributed by atoms with E-state index in [0.717, 1.165) is 5.56 Å². The predicted molar refractivity (Wildman–Crippen MR) is 103 cm³/mol. The van der Waals surface area contributed by atoms with Crippen molar-refractivity contribution >= 4 is 35.0 Å². The summed E-state index contributed by atoms with van der Waals surface area (Å²) in [5, 5.41) is 3.25. The van der Waals surface area contributed by atoms with Crippen LogP contribution in [0.5, 0.6) is 5.75 Å². The van der Waals surface area contributed by atoms with Crippen LogP contribution in [0.15, 0.2) is 42.5 Å². The lowest BCUT2D eigenvalue weighted by Gasteiger charge is -2.10. The van der Waals surface area contributed by atoms with Crippen LogP contribution in [-0.4, -0.2) is 24.8 Å². The lowest BCUT2D eigenvalue weighted by Crippen LogP contribution is -2.41. The molecule has 0 aliphatic heterocycles. The van der Waals surface area contributed by atoms with Gasteiger partial charge in [0.15, 0.2) is 0 Å². The monoisotopic (exact) mass is 389 g/mol. The topological polar surface area (TPSA) is 96.5 Å². The fourth-order valence-electron chi connectivity index (χ4n) is 2.19. The number of hydrogen-bond acceptors (Lipinski definition) is 4. The molecule has 0 bridgehead atoms. The molecule has 0 heterocycles. The average Bonchev–Trinajstić information content (AvgIpc) is 2.68. The minimum absolute atomic E-state index is 0.0316. The van der Waals surface area contributed by atoms with Crippen molar-refractivity contribution in [3.05, 3.63) is 58.6 Å². The van der Waals surface area contributed by atoms with E-state index in [1.54, 1.807) is 49.4 Å². The first-order valence-electron chi connectivity index (χ1n) is 8.19. The number of anilines is 1. The van der Waals surface area contributed by atoms with E-state index in [-0.39, 0.29) is 18.7 Å². The molecule has 0 atom stereocenters. The summed E-state index contributed by atoms with van der Waals surface area (Å²) in [5.41, 5.74) is 6.29. The van der Waals surface area contributed by atoms with Crippen molar-refractivity contribution in [3.8, 4) is 5.75 Å². The van der Waals surface area contributed by atoms with Crippen LogP contribution in [-0.2, 0) is 9.59 Å². The smallest absolute Gasteiger partial charge is 0.269 e. The molecule has 0 radical (unpaired) electrons. The van der Waals surface area contributed by atoms with Crippen molar-refractivity contribution in [2.75, 3.05) is 12.4 Å². The van der Waals surface area contributed by atoms with E-state index in [1.165, 1.54) is 7.11 Å². The number of rotatable bonds is 6. The van der Waals surface area contributed by atoms with Crippen molar-refractivity contribution < 1.29 is 19.1 Å². The molecule has 0 unspecified atom stereocenters. The van der Waals surface area contributed by atoms with Crippen LogP contribution in [0.2, 0.25) is 5.02 Å². The Morgan fingerprint density at radius 2 is 1.63 bits per heavy atom. The Morgan fingerprint density at radius 3 is 2.30 bits per heavy atom. The van der Waals surface area contributed by atoms with E-state index in [0.29, 0.717) is 22.0 Å². The largest absolute Gasteiger partial charge is 0.497 e. The van der Waals surface area contributed by atoms with E-state index < -0.39 is 11.8 Å². The molecule has 142 valence electrons. The third-order valence-electron chi connectivity index (χ3n) is 3.79. The van der Waals surface area contributed by atoms with Crippen molar-refractivity contribution in [3.63, 3.8) is 0 Å². The van der Waals surface area contributed by atoms with E-state index >= 15 is 0 Å². The SMILES string of the molecule is COc1ccc(C(=O)NNC(=O)CCC(=O)Nc2cccc(Cl)c2C)cc1. The Bertz CT molecular complexity index is 837. The van der Waals surface area contributed by atoms with Crippen LogP contribution >= 0.6 is 11.6 Å². The van der Waals surface area contributed by atoms with Gasteiger partial charge in [-0.3, -0.25) is 25.2 Å². The fourth-order valence-corrected chi connectivity index (χ4v) is 2.36. The van der Waals surface area contributed by atoms with Crippen LogP contribution in [0, 0.1) is 6.92 Å². The Hall–Kier alpha value is -3.06. The molecule has 2 aromatic rings. The van der Waals surface area contributed by atoms with E-state index in [1.807, 2.05) is 0 Å². The normalized spacial score (nSPS) is 10.0. The summed E-state index contributed by atoms with van der Waals surface area (Å²) in [6, 6.07) is 11.6. The molecule has 7 nitrogen and oxygen atoms in total. The summed E-state index contributed by atoms with van der Waals surface area (Å²) in [4.78, 5) is 35.7. The Kier molecular flexibility index (Phi) is 7.19. The first kappa shape index (κ1) is 20.3. The minimum atomic E-state index is -0.477. The zero-order valence-electron chi connectivity index (χ0n) is 15.0. The van der Waals surface area contributed by atoms with Gasteiger partial charge in [-0.05, 0) is 48.9 Å². The fraction of sp³-hybridized carbons (Fsp3) is 0.211. The molecular formula is C19H20ClN3O4. The van der Waals surface area contributed by atoms with Gasteiger partial charge in [-0.15, -0.1) is 0 Å². The first-order chi connectivity index (χ1) is 12.9. The molecular weight excluding hydrogens is 370 g/mol. The molecule has 2 rings (SSSR count). The van der Waals surface area contributed by atoms with Crippen LogP contribution in [0.4, 0.5) is 5.69 Å². The molecule has 8 heteroatoms. The number of halogens is 1. The molecule has 3 amide bonds. The molecule has 0 saturated carbocycles. The summed E-state index contributed by atoms with van der Waals surface area (Å²) in [5.74, 6) is -0.645. The number of hydrogen-bond donors (Lipinski definition) is 3. The van der Waals surface area contributed by atoms with E-state index in [2.05, 4.69) is 16.2 Å². The second kappa shape index (κ2) is 9.59. The molecule has 0 aromatic heterocycles. The molecule has 2 aromatic carbocycles. The number of methoxy groups -OCH3 is 1. The molecule has 0 saturated heterocycles. The lowest BCUT2D eigenvalue weighted by atomic mass is 10.2. The van der Waals surface area contributed by atoms with Gasteiger partial charge in [-0.1, -0.05) is 17.7 Å². The number of amides is 3. The summed E-state index contributed by atoms with van der Waals surface area (Å²) in [7, 11) is 1.53. The Labute approximate surface area is 162 Å². The number of nitrogens with one attached hydrogen (secondary N) is 3. The van der Waals surface area contributed by atoms with Crippen LogP contribution in [0.1, 0.15) is 28.8 Å².